The van der Waals surface area contributed by atoms with E-state index in [2.05, 4.69) is 50.8 Å². The molecule has 0 fully saturated rings. The molecule has 0 spiro atoms. The Morgan fingerprint density at radius 1 is 1.06 bits per heavy atom. The van der Waals surface area contributed by atoms with Crippen LogP contribution in [0.25, 0.3) is 0 Å². The van der Waals surface area contributed by atoms with E-state index in [1.54, 1.807) is 7.11 Å². The van der Waals surface area contributed by atoms with Crippen LogP contribution in [0, 0.1) is 0 Å². The molecule has 2 N–H and O–H groups in total. The Morgan fingerprint density at radius 2 is 1.76 bits per heavy atom. The van der Waals surface area contributed by atoms with Gasteiger partial charge in [-0.05, 0) is 37.2 Å². The van der Waals surface area contributed by atoms with E-state index in [4.69, 9.17) is 4.74 Å². The number of benzene rings is 1. The van der Waals surface area contributed by atoms with Gasteiger partial charge in [-0.25, -0.2) is 0 Å². The van der Waals surface area contributed by atoms with Crippen molar-refractivity contribution in [1.82, 2.24) is 10.6 Å². The van der Waals surface area contributed by atoms with Crippen LogP contribution >= 0.6 is 15.9 Å². The van der Waals surface area contributed by atoms with Crippen LogP contribution in [0.15, 0.2) is 28.7 Å². The monoisotopic (exact) mass is 300 g/mol. The van der Waals surface area contributed by atoms with Gasteiger partial charge in [0.1, 0.15) is 0 Å². The maximum Gasteiger partial charge on any atom is 0.0587 e. The van der Waals surface area contributed by atoms with Crippen molar-refractivity contribution in [3.05, 3.63) is 34.3 Å². The first-order chi connectivity index (χ1) is 8.33. The van der Waals surface area contributed by atoms with Crippen molar-refractivity contribution < 1.29 is 4.74 Å². The summed E-state index contributed by atoms with van der Waals surface area (Å²) in [4.78, 5) is 0. The molecule has 0 aliphatic heterocycles. The number of ether oxygens (including phenoxy) is 1. The van der Waals surface area contributed by atoms with Gasteiger partial charge >= 0.3 is 0 Å². The molecule has 0 amide bonds. The molecule has 1 rings (SSSR count). The number of halogens is 1. The summed E-state index contributed by atoms with van der Waals surface area (Å²) in [6, 6.07) is 8.41. The highest BCUT2D eigenvalue weighted by Crippen LogP contribution is 2.09. The van der Waals surface area contributed by atoms with Crippen molar-refractivity contribution in [2.45, 2.75) is 13.0 Å². The second kappa shape index (κ2) is 9.59. The van der Waals surface area contributed by atoms with E-state index < -0.39 is 0 Å². The topological polar surface area (TPSA) is 33.3 Å². The molecule has 96 valence electrons. The molecule has 0 heterocycles. The molecule has 17 heavy (non-hydrogen) atoms. The summed E-state index contributed by atoms with van der Waals surface area (Å²) in [6.07, 6.45) is 1.14. The van der Waals surface area contributed by atoms with Gasteiger partial charge in [0, 0.05) is 24.7 Å². The van der Waals surface area contributed by atoms with Crippen molar-refractivity contribution in [3.8, 4) is 0 Å². The second-order valence-corrected chi connectivity index (χ2v) is 4.82. The number of rotatable bonds is 9. The van der Waals surface area contributed by atoms with Gasteiger partial charge in [0.05, 0.1) is 6.61 Å². The zero-order chi connectivity index (χ0) is 12.3. The summed E-state index contributed by atoms with van der Waals surface area (Å²) in [5.74, 6) is 0. The van der Waals surface area contributed by atoms with E-state index in [0.29, 0.717) is 0 Å². The highest BCUT2D eigenvalue weighted by atomic mass is 79.9. The van der Waals surface area contributed by atoms with E-state index in [-0.39, 0.29) is 0 Å². The minimum atomic E-state index is 0.784. The van der Waals surface area contributed by atoms with Gasteiger partial charge in [0.15, 0.2) is 0 Å². The molecular formula is C13H21BrN2O. The summed E-state index contributed by atoms with van der Waals surface area (Å²) in [7, 11) is 1.72. The molecule has 0 aliphatic rings. The van der Waals surface area contributed by atoms with Gasteiger partial charge in [-0.2, -0.15) is 0 Å². The zero-order valence-electron chi connectivity index (χ0n) is 10.3. The minimum Gasteiger partial charge on any atom is -0.383 e. The lowest BCUT2D eigenvalue weighted by Crippen LogP contribution is -2.24. The smallest absolute Gasteiger partial charge is 0.0587 e. The molecule has 0 saturated carbocycles. The first-order valence-corrected chi connectivity index (χ1v) is 6.77. The lowest BCUT2D eigenvalue weighted by Gasteiger charge is -2.06. The molecule has 1 aromatic rings. The van der Waals surface area contributed by atoms with E-state index in [1.165, 1.54) is 5.56 Å². The molecule has 0 radical (unpaired) electrons. The van der Waals surface area contributed by atoms with Gasteiger partial charge in [0.25, 0.3) is 0 Å². The number of hydrogen-bond donors (Lipinski definition) is 2. The highest BCUT2D eigenvalue weighted by Gasteiger charge is 1.93. The van der Waals surface area contributed by atoms with Crippen molar-refractivity contribution in [3.63, 3.8) is 0 Å². The average molecular weight is 301 g/mol. The second-order valence-electron chi connectivity index (χ2n) is 3.90. The summed E-state index contributed by atoms with van der Waals surface area (Å²) in [5.41, 5.74) is 1.32. The fourth-order valence-electron chi connectivity index (χ4n) is 1.47. The van der Waals surface area contributed by atoms with Crippen LogP contribution in [-0.4, -0.2) is 33.4 Å². The van der Waals surface area contributed by atoms with Gasteiger partial charge < -0.3 is 15.4 Å². The number of methoxy groups -OCH3 is 1. The maximum absolute atomic E-state index is 4.96. The fourth-order valence-corrected chi connectivity index (χ4v) is 1.74. The van der Waals surface area contributed by atoms with E-state index in [0.717, 1.165) is 43.7 Å². The third-order valence-corrected chi connectivity index (χ3v) is 2.96. The third kappa shape index (κ3) is 7.49. The molecule has 3 nitrogen and oxygen atoms in total. The third-order valence-electron chi connectivity index (χ3n) is 2.43. The molecule has 0 bridgehead atoms. The molecule has 1 aromatic carbocycles. The lowest BCUT2D eigenvalue weighted by molar-refractivity contribution is 0.199. The van der Waals surface area contributed by atoms with Crippen LogP contribution in [-0.2, 0) is 11.3 Å². The predicted octanol–water partition coefficient (Wildman–Crippen LogP) is 2.16. The van der Waals surface area contributed by atoms with Crippen LogP contribution in [0.4, 0.5) is 0 Å². The Morgan fingerprint density at radius 3 is 2.47 bits per heavy atom. The Balaban J connectivity index is 1.95. The zero-order valence-corrected chi connectivity index (χ0v) is 11.9. The van der Waals surface area contributed by atoms with Gasteiger partial charge in [-0.1, -0.05) is 28.1 Å². The molecule has 4 heteroatoms. The van der Waals surface area contributed by atoms with Crippen molar-refractivity contribution in [2.75, 3.05) is 33.4 Å². The Hall–Kier alpha value is -0.420. The first-order valence-electron chi connectivity index (χ1n) is 5.98. The largest absolute Gasteiger partial charge is 0.383 e. The standard InChI is InChI=1S/C13H21BrN2O/c1-17-10-9-15-7-2-8-16-11-12-3-5-13(14)6-4-12/h3-6,15-16H,2,7-11H2,1H3. The fraction of sp³-hybridized carbons (Fsp3) is 0.538. The Kier molecular flexibility index (Phi) is 8.26. The minimum absolute atomic E-state index is 0.784. The van der Waals surface area contributed by atoms with Crippen molar-refractivity contribution in [1.29, 1.82) is 0 Å². The van der Waals surface area contributed by atoms with E-state index in [1.807, 2.05) is 0 Å². The van der Waals surface area contributed by atoms with Crippen LogP contribution in [0.3, 0.4) is 0 Å². The molecule has 0 saturated heterocycles. The van der Waals surface area contributed by atoms with Gasteiger partial charge in [0.2, 0.25) is 0 Å². The Labute approximate surface area is 112 Å². The SMILES string of the molecule is COCCNCCCNCc1ccc(Br)cc1. The summed E-state index contributed by atoms with van der Waals surface area (Å²) < 4.78 is 6.08. The molecule has 0 aromatic heterocycles. The van der Waals surface area contributed by atoms with E-state index >= 15 is 0 Å². The summed E-state index contributed by atoms with van der Waals surface area (Å²) in [6.45, 7) is 4.73. The van der Waals surface area contributed by atoms with Crippen molar-refractivity contribution >= 4 is 15.9 Å². The maximum atomic E-state index is 4.96. The first kappa shape index (κ1) is 14.6. The molecule has 0 aliphatic carbocycles. The Bertz CT molecular complexity index is 290. The number of hydrogen-bond acceptors (Lipinski definition) is 3. The van der Waals surface area contributed by atoms with Crippen molar-refractivity contribution in [2.24, 2.45) is 0 Å². The normalized spacial score (nSPS) is 10.7. The molecular weight excluding hydrogens is 280 g/mol. The van der Waals surface area contributed by atoms with E-state index in [9.17, 15) is 0 Å². The van der Waals surface area contributed by atoms with Crippen LogP contribution in [0.5, 0.6) is 0 Å². The van der Waals surface area contributed by atoms with Crippen LogP contribution in [0.1, 0.15) is 12.0 Å². The number of nitrogens with one attached hydrogen (secondary N) is 2. The highest BCUT2D eigenvalue weighted by molar-refractivity contribution is 9.10. The van der Waals surface area contributed by atoms with Gasteiger partial charge in [-0.15, -0.1) is 0 Å². The molecule has 0 unspecified atom stereocenters. The summed E-state index contributed by atoms with van der Waals surface area (Å²) in [5, 5.41) is 6.75. The lowest BCUT2D eigenvalue weighted by atomic mass is 10.2. The average Bonchev–Trinajstić information content (AvgIpc) is 2.35. The summed E-state index contributed by atoms with van der Waals surface area (Å²) >= 11 is 3.43. The van der Waals surface area contributed by atoms with Crippen LogP contribution in [0.2, 0.25) is 0 Å². The quantitative estimate of drug-likeness (QED) is 0.686. The predicted molar refractivity (Wildman–Crippen MR) is 75.2 cm³/mol. The van der Waals surface area contributed by atoms with Gasteiger partial charge in [-0.3, -0.25) is 0 Å². The van der Waals surface area contributed by atoms with Crippen LogP contribution < -0.4 is 10.6 Å². The molecule has 0 atom stereocenters.